The fourth-order valence-corrected chi connectivity index (χ4v) is 4.49. The number of amides is 1. The lowest BCUT2D eigenvalue weighted by Gasteiger charge is -2.32. The Morgan fingerprint density at radius 3 is 2.53 bits per heavy atom. The van der Waals surface area contributed by atoms with E-state index in [0.29, 0.717) is 55.1 Å². The summed E-state index contributed by atoms with van der Waals surface area (Å²) in [6, 6.07) is -0.0490. The van der Waals surface area contributed by atoms with E-state index in [9.17, 15) is 18.0 Å². The SMILES string of the molecule is CC[C@@H]1C[C@H](C(F)(F)F)n2nc(C3CCN(C(=O)c4cn(C)nc4C)CC3)cc2N1. The third-order valence-electron chi connectivity index (χ3n) is 6.22. The Hall–Kier alpha value is -2.52. The number of halogens is 3. The van der Waals surface area contributed by atoms with E-state index < -0.39 is 12.2 Å². The van der Waals surface area contributed by atoms with E-state index in [0.717, 1.165) is 4.68 Å². The standard InChI is InChI=1S/C20H27F3N6O/c1-4-14-9-17(20(21,22)23)29-18(24-14)10-16(26-29)13-5-7-28(8-6-13)19(30)15-11-27(3)25-12(15)2/h10-11,13-14,17,24H,4-9H2,1-3H3/t14-,17-/m1/s1. The second-order valence-electron chi connectivity index (χ2n) is 8.31. The molecule has 1 amide bonds. The fraction of sp³-hybridized carbons (Fsp3) is 0.650. The number of piperidine rings is 1. The number of hydrogen-bond donors (Lipinski definition) is 1. The van der Waals surface area contributed by atoms with E-state index >= 15 is 0 Å². The lowest BCUT2D eigenvalue weighted by Crippen LogP contribution is -2.39. The van der Waals surface area contributed by atoms with Crippen molar-refractivity contribution in [3.05, 3.63) is 29.2 Å². The minimum absolute atomic E-state index is 0.00840. The van der Waals surface area contributed by atoms with Gasteiger partial charge in [0, 0.05) is 44.4 Å². The van der Waals surface area contributed by atoms with Gasteiger partial charge in [0.25, 0.3) is 5.91 Å². The van der Waals surface area contributed by atoms with E-state index in [1.807, 2.05) is 13.8 Å². The molecule has 0 saturated carbocycles. The number of likely N-dealkylation sites (tertiary alicyclic amines) is 1. The molecule has 0 aliphatic carbocycles. The van der Waals surface area contributed by atoms with Crippen molar-refractivity contribution in [2.75, 3.05) is 18.4 Å². The first kappa shape index (κ1) is 20.7. The molecule has 1 N–H and O–H groups in total. The first-order valence-corrected chi connectivity index (χ1v) is 10.4. The van der Waals surface area contributed by atoms with Crippen LogP contribution >= 0.6 is 0 Å². The topological polar surface area (TPSA) is 68.0 Å². The van der Waals surface area contributed by atoms with Gasteiger partial charge in [0.2, 0.25) is 0 Å². The number of nitrogens with zero attached hydrogens (tertiary/aromatic N) is 5. The summed E-state index contributed by atoms with van der Waals surface area (Å²) in [5.41, 5.74) is 1.96. The Bertz CT molecular complexity index is 926. The van der Waals surface area contributed by atoms with Gasteiger partial charge in [-0.3, -0.25) is 9.48 Å². The third-order valence-corrected chi connectivity index (χ3v) is 6.22. The Morgan fingerprint density at radius 1 is 1.27 bits per heavy atom. The van der Waals surface area contributed by atoms with Gasteiger partial charge in [0.1, 0.15) is 5.82 Å². The van der Waals surface area contributed by atoms with Crippen LogP contribution in [0.5, 0.6) is 0 Å². The average molecular weight is 424 g/mol. The van der Waals surface area contributed by atoms with E-state index in [-0.39, 0.29) is 24.3 Å². The highest BCUT2D eigenvalue weighted by atomic mass is 19.4. The quantitative estimate of drug-likeness (QED) is 0.817. The molecular formula is C20H27F3N6O. The molecule has 2 aliphatic rings. The summed E-state index contributed by atoms with van der Waals surface area (Å²) in [4.78, 5) is 14.6. The summed E-state index contributed by atoms with van der Waals surface area (Å²) in [5.74, 6) is 0.431. The fourth-order valence-electron chi connectivity index (χ4n) is 4.49. The van der Waals surface area contributed by atoms with Crippen molar-refractivity contribution in [3.63, 3.8) is 0 Å². The Morgan fingerprint density at radius 2 is 1.97 bits per heavy atom. The summed E-state index contributed by atoms with van der Waals surface area (Å²) in [6.07, 6.45) is -0.636. The van der Waals surface area contributed by atoms with E-state index in [2.05, 4.69) is 15.5 Å². The summed E-state index contributed by atoms with van der Waals surface area (Å²) < 4.78 is 43.5. The summed E-state index contributed by atoms with van der Waals surface area (Å²) in [7, 11) is 1.78. The zero-order valence-electron chi connectivity index (χ0n) is 17.4. The van der Waals surface area contributed by atoms with Crippen LogP contribution in [0.4, 0.5) is 19.0 Å². The minimum atomic E-state index is -4.33. The molecule has 164 valence electrons. The van der Waals surface area contributed by atoms with E-state index in [1.165, 1.54) is 0 Å². The molecule has 30 heavy (non-hydrogen) atoms. The van der Waals surface area contributed by atoms with Crippen molar-refractivity contribution in [1.29, 1.82) is 0 Å². The Labute approximate surface area is 173 Å². The third kappa shape index (κ3) is 3.79. The minimum Gasteiger partial charge on any atom is -0.367 e. The van der Waals surface area contributed by atoms with Gasteiger partial charge in [-0.05, 0) is 32.6 Å². The molecule has 2 atom stereocenters. The zero-order chi connectivity index (χ0) is 21.6. The first-order chi connectivity index (χ1) is 14.2. The van der Waals surface area contributed by atoms with Crippen LogP contribution in [0.25, 0.3) is 0 Å². The number of fused-ring (bicyclic) bond motifs is 1. The predicted molar refractivity (Wildman–Crippen MR) is 105 cm³/mol. The maximum absolute atomic E-state index is 13.6. The molecular weight excluding hydrogens is 397 g/mol. The number of carbonyl (C=O) groups excluding carboxylic acids is 1. The Kier molecular flexibility index (Phi) is 5.27. The van der Waals surface area contributed by atoms with Gasteiger partial charge in [-0.2, -0.15) is 23.4 Å². The van der Waals surface area contributed by atoms with Crippen molar-refractivity contribution < 1.29 is 18.0 Å². The number of rotatable bonds is 3. The number of hydrogen-bond acceptors (Lipinski definition) is 4. The molecule has 7 nitrogen and oxygen atoms in total. The maximum Gasteiger partial charge on any atom is 0.410 e. The lowest BCUT2D eigenvalue weighted by atomic mass is 9.93. The van der Waals surface area contributed by atoms with Gasteiger partial charge < -0.3 is 10.2 Å². The van der Waals surface area contributed by atoms with Crippen molar-refractivity contribution >= 4 is 11.7 Å². The molecule has 4 rings (SSSR count). The van der Waals surface area contributed by atoms with Crippen LogP contribution in [0, 0.1) is 6.92 Å². The number of aryl methyl sites for hydroxylation is 2. The highest BCUT2D eigenvalue weighted by Crippen LogP contribution is 2.41. The number of nitrogens with one attached hydrogen (secondary N) is 1. The van der Waals surface area contributed by atoms with Crippen LogP contribution in [0.15, 0.2) is 12.3 Å². The molecule has 0 unspecified atom stereocenters. The summed E-state index contributed by atoms with van der Waals surface area (Å²) >= 11 is 0. The number of carbonyl (C=O) groups is 1. The molecule has 0 bridgehead atoms. The highest BCUT2D eigenvalue weighted by molar-refractivity contribution is 5.95. The highest BCUT2D eigenvalue weighted by Gasteiger charge is 2.46. The van der Waals surface area contributed by atoms with Gasteiger partial charge in [-0.1, -0.05) is 6.92 Å². The van der Waals surface area contributed by atoms with Crippen molar-refractivity contribution in [2.45, 2.75) is 63.7 Å². The van der Waals surface area contributed by atoms with Crippen LogP contribution in [0.2, 0.25) is 0 Å². The van der Waals surface area contributed by atoms with Crippen molar-refractivity contribution in [2.24, 2.45) is 7.05 Å². The predicted octanol–water partition coefficient (Wildman–Crippen LogP) is 3.64. The van der Waals surface area contributed by atoms with Crippen LogP contribution in [-0.2, 0) is 7.05 Å². The number of aromatic nitrogens is 4. The lowest BCUT2D eigenvalue weighted by molar-refractivity contribution is -0.173. The monoisotopic (exact) mass is 424 g/mol. The van der Waals surface area contributed by atoms with Gasteiger partial charge in [-0.25, -0.2) is 4.68 Å². The molecule has 2 aromatic heterocycles. The molecule has 10 heteroatoms. The normalized spacial score (nSPS) is 22.7. The van der Waals surface area contributed by atoms with Crippen LogP contribution in [0.3, 0.4) is 0 Å². The van der Waals surface area contributed by atoms with Crippen molar-refractivity contribution in [1.82, 2.24) is 24.5 Å². The Balaban J connectivity index is 1.48. The maximum atomic E-state index is 13.6. The molecule has 1 saturated heterocycles. The molecule has 1 fully saturated rings. The first-order valence-electron chi connectivity index (χ1n) is 10.4. The molecule has 0 aromatic carbocycles. The number of anilines is 1. The van der Waals surface area contributed by atoms with Gasteiger partial charge in [0.15, 0.2) is 6.04 Å². The van der Waals surface area contributed by atoms with Gasteiger partial charge in [0.05, 0.1) is 17.0 Å². The summed E-state index contributed by atoms with van der Waals surface area (Å²) in [6.45, 7) is 4.79. The van der Waals surface area contributed by atoms with Crippen LogP contribution < -0.4 is 5.32 Å². The molecule has 0 spiro atoms. The van der Waals surface area contributed by atoms with Crippen LogP contribution in [-0.4, -0.2) is 55.7 Å². The zero-order valence-corrected chi connectivity index (χ0v) is 17.4. The molecule has 0 radical (unpaired) electrons. The molecule has 2 aliphatic heterocycles. The molecule has 2 aromatic rings. The van der Waals surface area contributed by atoms with Crippen LogP contribution in [0.1, 0.15) is 66.3 Å². The second kappa shape index (κ2) is 7.63. The van der Waals surface area contributed by atoms with Gasteiger partial charge in [-0.15, -0.1) is 0 Å². The molecule has 4 heterocycles. The second-order valence-corrected chi connectivity index (χ2v) is 8.31. The largest absolute Gasteiger partial charge is 0.410 e. The van der Waals surface area contributed by atoms with E-state index in [1.54, 1.807) is 28.9 Å². The van der Waals surface area contributed by atoms with E-state index in [4.69, 9.17) is 0 Å². The average Bonchev–Trinajstić information content (AvgIpc) is 3.28. The summed E-state index contributed by atoms with van der Waals surface area (Å²) in [5, 5.41) is 11.8. The smallest absolute Gasteiger partial charge is 0.367 e. The number of alkyl halides is 3. The van der Waals surface area contributed by atoms with Crippen molar-refractivity contribution in [3.8, 4) is 0 Å². The van der Waals surface area contributed by atoms with Gasteiger partial charge >= 0.3 is 6.18 Å².